The molecule has 2 heterocycles. The number of nitrogens with zero attached hydrogens (tertiary/aromatic N) is 3. The summed E-state index contributed by atoms with van der Waals surface area (Å²) in [5.41, 5.74) is 1.26. The molecule has 0 atom stereocenters. The molecule has 32 heavy (non-hydrogen) atoms. The van der Waals surface area contributed by atoms with Gasteiger partial charge in [-0.3, -0.25) is 19.9 Å². The van der Waals surface area contributed by atoms with E-state index < -0.39 is 15.9 Å². The van der Waals surface area contributed by atoms with Gasteiger partial charge in [0.25, 0.3) is 15.9 Å². The minimum atomic E-state index is -3.76. The van der Waals surface area contributed by atoms with Crippen LogP contribution in [0.2, 0.25) is 0 Å². The normalized spacial score (nSPS) is 11.3. The van der Waals surface area contributed by atoms with Crippen LogP contribution in [0.25, 0.3) is 10.7 Å². The molecule has 0 unspecified atom stereocenters. The van der Waals surface area contributed by atoms with Crippen LogP contribution < -0.4 is 10.0 Å². The van der Waals surface area contributed by atoms with Crippen molar-refractivity contribution in [2.24, 2.45) is 7.05 Å². The third kappa shape index (κ3) is 4.47. The molecule has 4 aromatic rings. The van der Waals surface area contributed by atoms with Gasteiger partial charge in [0, 0.05) is 18.3 Å². The van der Waals surface area contributed by atoms with E-state index in [1.54, 1.807) is 48.0 Å². The number of aromatic amines is 1. The Kier molecular flexibility index (Phi) is 5.91. The molecule has 12 heteroatoms. The number of sulfonamides is 1. The maximum atomic E-state index is 12.8. The highest BCUT2D eigenvalue weighted by Gasteiger charge is 2.18. The number of aryl methyl sites for hydroxylation is 1. The van der Waals surface area contributed by atoms with E-state index in [-0.39, 0.29) is 16.1 Å². The van der Waals surface area contributed by atoms with Gasteiger partial charge in [0.15, 0.2) is 15.7 Å². The minimum Gasteiger partial charge on any atom is -0.303 e. The van der Waals surface area contributed by atoms with E-state index in [0.29, 0.717) is 21.4 Å². The zero-order valence-electron chi connectivity index (χ0n) is 17.0. The van der Waals surface area contributed by atoms with Crippen LogP contribution in [0.5, 0.6) is 0 Å². The predicted molar refractivity (Wildman–Crippen MR) is 126 cm³/mol. The second kappa shape index (κ2) is 8.65. The summed E-state index contributed by atoms with van der Waals surface area (Å²) in [5.74, 6) is 0.212. The Morgan fingerprint density at radius 2 is 1.91 bits per heavy atom. The smallest absolute Gasteiger partial charge is 0.261 e. The highest BCUT2D eigenvalue weighted by Crippen LogP contribution is 2.31. The van der Waals surface area contributed by atoms with E-state index in [9.17, 15) is 13.2 Å². The van der Waals surface area contributed by atoms with Crippen molar-refractivity contribution in [2.45, 2.75) is 11.8 Å². The molecule has 0 aliphatic heterocycles. The monoisotopic (exact) mass is 486 g/mol. The van der Waals surface area contributed by atoms with Crippen LogP contribution >= 0.6 is 23.6 Å². The maximum absolute atomic E-state index is 12.8. The van der Waals surface area contributed by atoms with Crippen molar-refractivity contribution < 1.29 is 13.2 Å². The zero-order valence-corrected chi connectivity index (χ0v) is 19.4. The molecule has 9 nitrogen and oxygen atoms in total. The number of H-pyrrole nitrogens is 1. The van der Waals surface area contributed by atoms with Gasteiger partial charge in [0.1, 0.15) is 0 Å². The lowest BCUT2D eigenvalue weighted by molar-refractivity contribution is 0.102. The van der Waals surface area contributed by atoms with Gasteiger partial charge in [-0.2, -0.15) is 5.10 Å². The van der Waals surface area contributed by atoms with Crippen molar-refractivity contribution in [3.05, 3.63) is 70.6 Å². The number of hydrogen-bond donors (Lipinski definition) is 3. The number of benzene rings is 2. The molecular weight excluding hydrogens is 468 g/mol. The Morgan fingerprint density at radius 3 is 2.59 bits per heavy atom. The van der Waals surface area contributed by atoms with Crippen molar-refractivity contribution in [1.29, 1.82) is 0 Å². The van der Waals surface area contributed by atoms with Crippen LogP contribution in [0.3, 0.4) is 0 Å². The first-order valence-electron chi connectivity index (χ1n) is 9.33. The minimum absolute atomic E-state index is 0.134. The van der Waals surface area contributed by atoms with E-state index in [2.05, 4.69) is 25.2 Å². The summed E-state index contributed by atoms with van der Waals surface area (Å²) in [6.45, 7) is 1.82. The SMILES string of the molecule is Cc1nc(NC(=O)c2cccc(NS(=O)(=O)c3ccccc3)c2)sc1-c1n[nH]c(=S)n1C. The number of thiazole rings is 1. The van der Waals surface area contributed by atoms with Crippen molar-refractivity contribution in [1.82, 2.24) is 19.7 Å². The molecule has 0 bridgehead atoms. The summed E-state index contributed by atoms with van der Waals surface area (Å²) < 4.78 is 29.8. The topological polar surface area (TPSA) is 122 Å². The lowest BCUT2D eigenvalue weighted by Crippen LogP contribution is -2.15. The van der Waals surface area contributed by atoms with Gasteiger partial charge in [-0.15, -0.1) is 0 Å². The summed E-state index contributed by atoms with van der Waals surface area (Å²) in [6, 6.07) is 14.2. The molecule has 0 radical (unpaired) electrons. The van der Waals surface area contributed by atoms with Gasteiger partial charge in [0.05, 0.1) is 15.5 Å². The molecule has 0 fully saturated rings. The van der Waals surface area contributed by atoms with E-state index in [1.165, 1.54) is 29.5 Å². The molecule has 0 aliphatic carbocycles. The highest BCUT2D eigenvalue weighted by atomic mass is 32.2. The first kappa shape index (κ1) is 21.9. The third-order valence-corrected chi connectivity index (χ3v) is 7.36. The maximum Gasteiger partial charge on any atom is 0.261 e. The van der Waals surface area contributed by atoms with Crippen molar-refractivity contribution in [2.75, 3.05) is 10.0 Å². The largest absolute Gasteiger partial charge is 0.303 e. The van der Waals surface area contributed by atoms with Crippen molar-refractivity contribution in [3.8, 4) is 10.7 Å². The standard InChI is InChI=1S/C20H18N6O3S3/c1-12-16(17-23-24-20(30)26(17)2)31-19(21-12)22-18(27)13-7-6-8-14(11-13)25-32(28,29)15-9-4-3-5-10-15/h3-11,25H,1-2H3,(H,24,30)(H,21,22,27). The number of nitrogens with one attached hydrogen (secondary N) is 3. The van der Waals surface area contributed by atoms with Gasteiger partial charge in [-0.25, -0.2) is 13.4 Å². The summed E-state index contributed by atoms with van der Waals surface area (Å²) in [4.78, 5) is 18.1. The summed E-state index contributed by atoms with van der Waals surface area (Å²) in [7, 11) is -1.97. The fourth-order valence-corrected chi connectivity index (χ4v) is 5.10. The van der Waals surface area contributed by atoms with Crippen molar-refractivity contribution in [3.63, 3.8) is 0 Å². The second-order valence-electron chi connectivity index (χ2n) is 6.80. The Labute approximate surface area is 193 Å². The fourth-order valence-electron chi connectivity index (χ4n) is 2.91. The summed E-state index contributed by atoms with van der Waals surface area (Å²) in [5, 5.41) is 10.1. The first-order valence-corrected chi connectivity index (χ1v) is 12.0. The lowest BCUT2D eigenvalue weighted by Gasteiger charge is -2.09. The van der Waals surface area contributed by atoms with Gasteiger partial charge in [-0.05, 0) is 49.5 Å². The number of aromatic nitrogens is 4. The Balaban J connectivity index is 1.53. The number of carbonyl (C=O) groups is 1. The number of carbonyl (C=O) groups excluding carboxylic acids is 1. The van der Waals surface area contributed by atoms with Gasteiger partial charge in [0.2, 0.25) is 0 Å². The molecule has 0 aliphatic rings. The average Bonchev–Trinajstić information content (AvgIpc) is 3.29. The predicted octanol–water partition coefficient (Wildman–Crippen LogP) is 3.96. The molecule has 0 spiro atoms. The Hall–Kier alpha value is -3.35. The highest BCUT2D eigenvalue weighted by molar-refractivity contribution is 7.92. The number of amides is 1. The molecular formula is C20H18N6O3S3. The van der Waals surface area contributed by atoms with Crippen LogP contribution in [0.4, 0.5) is 10.8 Å². The van der Waals surface area contributed by atoms with E-state index in [4.69, 9.17) is 12.2 Å². The van der Waals surface area contributed by atoms with Gasteiger partial charge >= 0.3 is 0 Å². The van der Waals surface area contributed by atoms with Crippen molar-refractivity contribution >= 4 is 50.3 Å². The Bertz CT molecular complexity index is 1460. The molecule has 1 amide bonds. The number of hydrogen-bond acceptors (Lipinski definition) is 7. The van der Waals surface area contributed by atoms with Crippen LogP contribution in [-0.4, -0.2) is 34.1 Å². The molecule has 4 rings (SSSR count). The zero-order chi connectivity index (χ0) is 22.9. The number of anilines is 2. The van der Waals surface area contributed by atoms with E-state index >= 15 is 0 Å². The quantitative estimate of drug-likeness (QED) is 0.355. The summed E-state index contributed by atoms with van der Waals surface area (Å²) >= 11 is 6.42. The van der Waals surface area contributed by atoms with Crippen LogP contribution in [-0.2, 0) is 17.1 Å². The van der Waals surface area contributed by atoms with Crippen LogP contribution in [0.15, 0.2) is 59.5 Å². The molecule has 3 N–H and O–H groups in total. The molecule has 2 aromatic carbocycles. The van der Waals surface area contributed by atoms with Crippen LogP contribution in [0, 0.1) is 11.7 Å². The fraction of sp³-hybridized carbons (Fsp3) is 0.100. The van der Waals surface area contributed by atoms with Gasteiger partial charge in [-0.1, -0.05) is 35.6 Å². The summed E-state index contributed by atoms with van der Waals surface area (Å²) in [6.07, 6.45) is 0. The third-order valence-electron chi connectivity index (χ3n) is 4.53. The second-order valence-corrected chi connectivity index (χ2v) is 9.87. The molecule has 164 valence electrons. The van der Waals surface area contributed by atoms with Crippen LogP contribution in [0.1, 0.15) is 16.1 Å². The molecule has 0 saturated carbocycles. The van der Waals surface area contributed by atoms with Gasteiger partial charge < -0.3 is 4.57 Å². The first-order chi connectivity index (χ1) is 15.2. The molecule has 0 saturated heterocycles. The lowest BCUT2D eigenvalue weighted by atomic mass is 10.2. The number of rotatable bonds is 6. The molecule has 2 aromatic heterocycles. The average molecular weight is 487 g/mol. The van der Waals surface area contributed by atoms with E-state index in [0.717, 1.165) is 4.88 Å². The Morgan fingerprint density at radius 1 is 1.16 bits per heavy atom. The van der Waals surface area contributed by atoms with E-state index in [1.807, 2.05) is 6.92 Å².